The molecular weight excluding hydrogens is 346 g/mol. The van der Waals surface area contributed by atoms with Crippen LogP contribution in [-0.4, -0.2) is 66.5 Å². The molecule has 136 valence electrons. The Morgan fingerprint density at radius 3 is 2.60 bits per heavy atom. The molecule has 1 atom stereocenters. The van der Waals surface area contributed by atoms with E-state index in [1.807, 2.05) is 0 Å². The molecule has 1 aromatic carbocycles. The summed E-state index contributed by atoms with van der Waals surface area (Å²) in [6, 6.07) is 3.83. The van der Waals surface area contributed by atoms with Crippen LogP contribution in [0.5, 0.6) is 5.75 Å². The van der Waals surface area contributed by atoms with Gasteiger partial charge in [-0.15, -0.1) is 0 Å². The third-order valence-corrected chi connectivity index (χ3v) is 5.36. The summed E-state index contributed by atoms with van der Waals surface area (Å²) in [5, 5.41) is 12.2. The van der Waals surface area contributed by atoms with Crippen LogP contribution >= 0.6 is 0 Å². The van der Waals surface area contributed by atoms with Crippen molar-refractivity contribution < 1.29 is 23.1 Å². The monoisotopic (exact) mass is 367 g/mol. The standard InChI is InChI=1S/C16H21N3O5S/c1-4-15(21)17-13-9-12(5-6-14(13)20)16(22)18-7-8-19(11(2)10-18)25(3,23)24/h4-6,9,11,20H,1,7-8,10H2,2-3H3,(H,17,21). The highest BCUT2D eigenvalue weighted by molar-refractivity contribution is 7.88. The van der Waals surface area contributed by atoms with Crippen LogP contribution in [-0.2, 0) is 14.8 Å². The first kappa shape index (κ1) is 18.9. The van der Waals surface area contributed by atoms with Crippen LogP contribution in [0, 0.1) is 0 Å². The molecule has 1 aliphatic rings. The predicted octanol–water partition coefficient (Wildman–Crippen LogP) is 0.623. The number of rotatable bonds is 4. The molecule has 2 amide bonds. The number of aromatic hydroxyl groups is 1. The Kier molecular flexibility index (Phi) is 5.48. The average Bonchev–Trinajstić information content (AvgIpc) is 2.54. The Hall–Kier alpha value is -2.39. The minimum absolute atomic E-state index is 0.110. The highest BCUT2D eigenvalue weighted by Gasteiger charge is 2.32. The van der Waals surface area contributed by atoms with E-state index in [1.165, 1.54) is 22.5 Å². The van der Waals surface area contributed by atoms with E-state index in [9.17, 15) is 23.1 Å². The van der Waals surface area contributed by atoms with Gasteiger partial charge in [0.1, 0.15) is 5.75 Å². The largest absolute Gasteiger partial charge is 0.506 e. The molecule has 0 aliphatic carbocycles. The lowest BCUT2D eigenvalue weighted by atomic mass is 10.1. The quantitative estimate of drug-likeness (QED) is 0.599. The molecular formula is C16H21N3O5S. The van der Waals surface area contributed by atoms with Crippen LogP contribution < -0.4 is 5.32 Å². The molecule has 0 radical (unpaired) electrons. The number of anilines is 1. The van der Waals surface area contributed by atoms with Gasteiger partial charge in [-0.05, 0) is 31.2 Å². The van der Waals surface area contributed by atoms with Gasteiger partial charge in [0.05, 0.1) is 11.9 Å². The lowest BCUT2D eigenvalue weighted by Crippen LogP contribution is -2.55. The van der Waals surface area contributed by atoms with E-state index in [-0.39, 0.29) is 48.6 Å². The van der Waals surface area contributed by atoms with Crippen molar-refractivity contribution in [2.24, 2.45) is 0 Å². The van der Waals surface area contributed by atoms with Crippen LogP contribution in [0.2, 0.25) is 0 Å². The van der Waals surface area contributed by atoms with Crippen molar-refractivity contribution in [1.82, 2.24) is 9.21 Å². The normalized spacial score (nSPS) is 18.6. The van der Waals surface area contributed by atoms with Gasteiger partial charge in [0, 0.05) is 31.2 Å². The molecule has 0 spiro atoms. The number of carbonyl (C=O) groups is 2. The molecule has 0 aromatic heterocycles. The zero-order chi connectivity index (χ0) is 18.8. The number of carbonyl (C=O) groups excluding carboxylic acids is 2. The van der Waals surface area contributed by atoms with Crippen molar-refractivity contribution in [2.75, 3.05) is 31.2 Å². The lowest BCUT2D eigenvalue weighted by molar-refractivity contribution is -0.111. The van der Waals surface area contributed by atoms with Gasteiger partial charge in [0.25, 0.3) is 5.91 Å². The summed E-state index contributed by atoms with van der Waals surface area (Å²) >= 11 is 0. The second-order valence-electron chi connectivity index (χ2n) is 5.90. The van der Waals surface area contributed by atoms with Crippen molar-refractivity contribution in [1.29, 1.82) is 0 Å². The minimum atomic E-state index is -3.31. The Labute approximate surface area is 146 Å². The van der Waals surface area contributed by atoms with Crippen LogP contribution in [0.1, 0.15) is 17.3 Å². The third-order valence-electron chi connectivity index (χ3n) is 3.97. The highest BCUT2D eigenvalue weighted by Crippen LogP contribution is 2.25. The second kappa shape index (κ2) is 7.24. The number of benzene rings is 1. The fourth-order valence-corrected chi connectivity index (χ4v) is 3.89. The lowest BCUT2D eigenvalue weighted by Gasteiger charge is -2.38. The number of hydrogen-bond donors (Lipinski definition) is 2. The van der Waals surface area contributed by atoms with Crippen LogP contribution in [0.25, 0.3) is 0 Å². The molecule has 1 unspecified atom stereocenters. The summed E-state index contributed by atoms with van der Waals surface area (Å²) in [5.41, 5.74) is 0.399. The molecule has 8 nitrogen and oxygen atoms in total. The molecule has 1 saturated heterocycles. The maximum absolute atomic E-state index is 12.7. The number of phenols is 1. The molecule has 1 fully saturated rings. The van der Waals surface area contributed by atoms with Gasteiger partial charge in [-0.25, -0.2) is 8.42 Å². The second-order valence-corrected chi connectivity index (χ2v) is 7.83. The Morgan fingerprint density at radius 2 is 2.04 bits per heavy atom. The van der Waals surface area contributed by atoms with Crippen molar-refractivity contribution in [3.63, 3.8) is 0 Å². The number of nitrogens with zero attached hydrogens (tertiary/aromatic N) is 2. The molecule has 25 heavy (non-hydrogen) atoms. The van der Waals surface area contributed by atoms with E-state index in [0.29, 0.717) is 0 Å². The molecule has 1 heterocycles. The molecule has 0 saturated carbocycles. The Balaban J connectivity index is 2.17. The van der Waals surface area contributed by atoms with E-state index in [4.69, 9.17) is 0 Å². The van der Waals surface area contributed by atoms with E-state index < -0.39 is 15.9 Å². The Bertz CT molecular complexity index is 806. The zero-order valence-corrected chi connectivity index (χ0v) is 14.9. The summed E-state index contributed by atoms with van der Waals surface area (Å²) in [6.45, 7) is 5.83. The maximum Gasteiger partial charge on any atom is 0.254 e. The van der Waals surface area contributed by atoms with Gasteiger partial charge in [-0.2, -0.15) is 4.31 Å². The SMILES string of the molecule is C=CC(=O)Nc1cc(C(=O)N2CCN(S(C)(=O)=O)C(C)C2)ccc1O. The first-order chi connectivity index (χ1) is 11.6. The highest BCUT2D eigenvalue weighted by atomic mass is 32.2. The van der Waals surface area contributed by atoms with E-state index in [2.05, 4.69) is 11.9 Å². The molecule has 2 N–H and O–H groups in total. The minimum Gasteiger partial charge on any atom is -0.506 e. The predicted molar refractivity (Wildman–Crippen MR) is 93.8 cm³/mol. The Morgan fingerprint density at radius 1 is 1.36 bits per heavy atom. The van der Waals surface area contributed by atoms with E-state index in [1.54, 1.807) is 11.8 Å². The molecule has 0 bridgehead atoms. The number of nitrogens with one attached hydrogen (secondary N) is 1. The van der Waals surface area contributed by atoms with Crippen LogP contribution in [0.4, 0.5) is 5.69 Å². The number of amides is 2. The molecule has 1 aromatic rings. The van der Waals surface area contributed by atoms with Gasteiger partial charge in [-0.3, -0.25) is 9.59 Å². The summed E-state index contributed by atoms with van der Waals surface area (Å²) in [4.78, 5) is 25.6. The third kappa shape index (κ3) is 4.37. The maximum atomic E-state index is 12.7. The first-order valence-corrected chi connectivity index (χ1v) is 9.51. The van der Waals surface area contributed by atoms with Crippen molar-refractivity contribution in [3.05, 3.63) is 36.4 Å². The zero-order valence-electron chi connectivity index (χ0n) is 14.1. The fourth-order valence-electron chi connectivity index (χ4n) is 2.75. The van der Waals surface area contributed by atoms with Gasteiger partial charge in [-0.1, -0.05) is 6.58 Å². The number of piperazine rings is 1. The summed E-state index contributed by atoms with van der Waals surface area (Å²) in [6.07, 6.45) is 2.20. The number of phenolic OH excluding ortho intramolecular Hbond substituents is 1. The van der Waals surface area contributed by atoms with Crippen molar-refractivity contribution in [2.45, 2.75) is 13.0 Å². The van der Waals surface area contributed by atoms with Crippen molar-refractivity contribution >= 4 is 27.5 Å². The van der Waals surface area contributed by atoms with Crippen LogP contribution in [0.15, 0.2) is 30.9 Å². The summed E-state index contributed by atoms with van der Waals surface area (Å²) in [7, 11) is -3.31. The topological polar surface area (TPSA) is 107 Å². The number of sulfonamides is 1. The average molecular weight is 367 g/mol. The molecule has 2 rings (SSSR count). The molecule has 9 heteroatoms. The number of hydrogen-bond acceptors (Lipinski definition) is 5. The van der Waals surface area contributed by atoms with Gasteiger partial charge >= 0.3 is 0 Å². The van der Waals surface area contributed by atoms with Gasteiger partial charge in [0.2, 0.25) is 15.9 Å². The van der Waals surface area contributed by atoms with E-state index >= 15 is 0 Å². The van der Waals surface area contributed by atoms with Gasteiger partial charge < -0.3 is 15.3 Å². The fraction of sp³-hybridized carbons (Fsp3) is 0.375. The van der Waals surface area contributed by atoms with Crippen LogP contribution in [0.3, 0.4) is 0 Å². The summed E-state index contributed by atoms with van der Waals surface area (Å²) in [5.74, 6) is -0.966. The first-order valence-electron chi connectivity index (χ1n) is 7.66. The summed E-state index contributed by atoms with van der Waals surface area (Å²) < 4.78 is 24.8. The molecule has 1 aliphatic heterocycles. The van der Waals surface area contributed by atoms with Crippen molar-refractivity contribution in [3.8, 4) is 5.75 Å². The smallest absolute Gasteiger partial charge is 0.254 e. The van der Waals surface area contributed by atoms with Gasteiger partial charge in [0.15, 0.2) is 0 Å². The van der Waals surface area contributed by atoms with E-state index in [0.717, 1.165) is 12.3 Å².